The van der Waals surface area contributed by atoms with E-state index in [0.717, 1.165) is 32.2 Å². The van der Waals surface area contributed by atoms with Crippen LogP contribution in [0.3, 0.4) is 0 Å². The van der Waals surface area contributed by atoms with Gasteiger partial charge in [0.1, 0.15) is 0 Å². The number of aromatic nitrogens is 1. The van der Waals surface area contributed by atoms with Gasteiger partial charge in [-0.3, -0.25) is 14.7 Å². The molecule has 2 aliphatic heterocycles. The van der Waals surface area contributed by atoms with Crippen LogP contribution < -0.4 is 5.32 Å². The van der Waals surface area contributed by atoms with Gasteiger partial charge in [0, 0.05) is 51.3 Å². The lowest BCUT2D eigenvalue weighted by atomic mass is 9.70. The number of nitrogens with one attached hydrogen (secondary N) is 1. The van der Waals surface area contributed by atoms with E-state index in [9.17, 15) is 4.79 Å². The minimum atomic E-state index is -0.305. The molecular formula is C22H33N3O2. The molecule has 2 fully saturated rings. The van der Waals surface area contributed by atoms with Gasteiger partial charge in [-0.2, -0.15) is 0 Å². The van der Waals surface area contributed by atoms with Crippen molar-refractivity contribution in [2.75, 3.05) is 20.3 Å². The van der Waals surface area contributed by atoms with Crippen LogP contribution in [0.2, 0.25) is 0 Å². The number of methoxy groups -OCH3 is 1. The molecule has 3 rings (SSSR count). The van der Waals surface area contributed by atoms with Crippen LogP contribution in [0, 0.1) is 5.41 Å². The van der Waals surface area contributed by atoms with Gasteiger partial charge in [-0.1, -0.05) is 11.6 Å². The third kappa shape index (κ3) is 4.41. The zero-order valence-corrected chi connectivity index (χ0v) is 16.9. The molecule has 2 saturated heterocycles. The molecule has 3 atom stereocenters. The van der Waals surface area contributed by atoms with Gasteiger partial charge in [-0.05, 0) is 63.6 Å². The molecule has 3 heterocycles. The minimum Gasteiger partial charge on any atom is -0.385 e. The van der Waals surface area contributed by atoms with Gasteiger partial charge in [0.15, 0.2) is 0 Å². The molecule has 2 bridgehead atoms. The van der Waals surface area contributed by atoms with Crippen LogP contribution >= 0.6 is 0 Å². The average Bonchev–Trinajstić information content (AvgIpc) is 3.19. The van der Waals surface area contributed by atoms with Crippen molar-refractivity contribution in [3.63, 3.8) is 0 Å². The van der Waals surface area contributed by atoms with Crippen LogP contribution in [0.25, 0.3) is 0 Å². The molecule has 1 N–H and O–H groups in total. The van der Waals surface area contributed by atoms with Crippen molar-refractivity contribution in [2.24, 2.45) is 5.41 Å². The number of fused-ring (bicyclic) bond motifs is 2. The topological polar surface area (TPSA) is 54.5 Å². The number of rotatable bonds is 9. The van der Waals surface area contributed by atoms with E-state index >= 15 is 0 Å². The lowest BCUT2D eigenvalue weighted by molar-refractivity contribution is -0.132. The number of carbonyl (C=O) groups excluding carboxylic acids is 1. The van der Waals surface area contributed by atoms with Crippen LogP contribution in [0.5, 0.6) is 0 Å². The molecule has 0 saturated carbocycles. The predicted molar refractivity (Wildman–Crippen MR) is 107 cm³/mol. The van der Waals surface area contributed by atoms with E-state index in [0.29, 0.717) is 25.2 Å². The highest BCUT2D eigenvalue weighted by Gasteiger charge is 2.58. The van der Waals surface area contributed by atoms with Crippen molar-refractivity contribution < 1.29 is 9.53 Å². The summed E-state index contributed by atoms with van der Waals surface area (Å²) in [7, 11) is 1.70. The number of hydrogen-bond acceptors (Lipinski definition) is 4. The Kier molecular flexibility index (Phi) is 6.66. The van der Waals surface area contributed by atoms with Gasteiger partial charge in [-0.15, -0.1) is 0 Å². The summed E-state index contributed by atoms with van der Waals surface area (Å²) in [6.45, 7) is 6.51. The Labute approximate surface area is 163 Å². The highest BCUT2D eigenvalue weighted by Crippen LogP contribution is 2.52. The molecule has 0 aliphatic carbocycles. The number of pyridine rings is 1. The van der Waals surface area contributed by atoms with E-state index in [1.807, 2.05) is 12.4 Å². The SMILES string of the molecule is COCCCNC(=O)[C@]1(CC=C(C)C)C[C@@H]2CC[C@H]1N2Cc1ccncc1. The lowest BCUT2D eigenvalue weighted by Crippen LogP contribution is -2.49. The molecule has 0 radical (unpaired) electrons. The summed E-state index contributed by atoms with van der Waals surface area (Å²) in [5, 5.41) is 3.21. The Balaban J connectivity index is 1.77. The Hall–Kier alpha value is -1.72. The average molecular weight is 372 g/mol. The summed E-state index contributed by atoms with van der Waals surface area (Å²) in [4.78, 5) is 20.0. The molecule has 0 spiro atoms. The first-order valence-corrected chi connectivity index (χ1v) is 10.1. The molecular weight excluding hydrogens is 338 g/mol. The fraction of sp³-hybridized carbons (Fsp3) is 0.636. The maximum absolute atomic E-state index is 13.3. The third-order valence-electron chi connectivity index (χ3n) is 6.13. The first-order chi connectivity index (χ1) is 13.1. The first kappa shape index (κ1) is 20.0. The lowest BCUT2D eigenvalue weighted by Gasteiger charge is -2.36. The highest BCUT2D eigenvalue weighted by molar-refractivity contribution is 5.84. The maximum atomic E-state index is 13.3. The molecule has 148 valence electrons. The van der Waals surface area contributed by atoms with Crippen molar-refractivity contribution in [3.8, 4) is 0 Å². The normalized spacial score (nSPS) is 26.9. The van der Waals surface area contributed by atoms with Crippen LogP contribution in [-0.4, -0.2) is 48.1 Å². The second-order valence-corrected chi connectivity index (χ2v) is 8.22. The second-order valence-electron chi connectivity index (χ2n) is 8.22. The van der Waals surface area contributed by atoms with Crippen molar-refractivity contribution in [1.82, 2.24) is 15.2 Å². The number of carbonyl (C=O) groups is 1. The minimum absolute atomic E-state index is 0.225. The fourth-order valence-electron chi connectivity index (χ4n) is 4.78. The Morgan fingerprint density at radius 2 is 2.15 bits per heavy atom. The summed E-state index contributed by atoms with van der Waals surface area (Å²) in [6.07, 6.45) is 10.9. The predicted octanol–water partition coefficient (Wildman–Crippen LogP) is 3.31. The Bertz CT molecular complexity index is 657. The third-order valence-corrected chi connectivity index (χ3v) is 6.13. The highest BCUT2D eigenvalue weighted by atomic mass is 16.5. The second kappa shape index (κ2) is 8.98. The zero-order valence-electron chi connectivity index (χ0n) is 16.9. The number of hydrogen-bond donors (Lipinski definition) is 1. The molecule has 0 aromatic carbocycles. The van der Waals surface area contributed by atoms with Crippen LogP contribution in [-0.2, 0) is 16.1 Å². The zero-order chi connectivity index (χ0) is 19.3. The van der Waals surface area contributed by atoms with Crippen molar-refractivity contribution in [2.45, 2.75) is 64.6 Å². The number of nitrogens with zero attached hydrogens (tertiary/aromatic N) is 2. The van der Waals surface area contributed by atoms with Gasteiger partial charge >= 0.3 is 0 Å². The van der Waals surface area contributed by atoms with Crippen LogP contribution in [0.4, 0.5) is 0 Å². The van der Waals surface area contributed by atoms with Crippen LogP contribution in [0.15, 0.2) is 36.2 Å². The number of amides is 1. The first-order valence-electron chi connectivity index (χ1n) is 10.1. The fourth-order valence-corrected chi connectivity index (χ4v) is 4.78. The molecule has 5 nitrogen and oxygen atoms in total. The summed E-state index contributed by atoms with van der Waals surface area (Å²) in [5.74, 6) is 0.225. The smallest absolute Gasteiger partial charge is 0.228 e. The van der Waals surface area contributed by atoms with Gasteiger partial charge in [-0.25, -0.2) is 0 Å². The summed E-state index contributed by atoms with van der Waals surface area (Å²) in [5.41, 5.74) is 2.26. The molecule has 27 heavy (non-hydrogen) atoms. The van der Waals surface area contributed by atoms with E-state index in [-0.39, 0.29) is 11.3 Å². The number of allylic oxidation sites excluding steroid dienone is 2. The standard InChI is InChI=1S/C22H33N3O2/c1-17(2)7-10-22(21(26)24-11-4-14-27-3)15-19-5-6-20(22)25(19)16-18-8-12-23-13-9-18/h7-9,12-13,19-20H,4-6,10-11,14-16H2,1-3H3,(H,24,26)/t19-,20+,22+/m0/s1. The Morgan fingerprint density at radius 3 is 2.85 bits per heavy atom. The summed E-state index contributed by atoms with van der Waals surface area (Å²) in [6, 6.07) is 4.98. The van der Waals surface area contributed by atoms with Gasteiger partial charge in [0.2, 0.25) is 5.91 Å². The maximum Gasteiger partial charge on any atom is 0.228 e. The van der Waals surface area contributed by atoms with Crippen LogP contribution in [0.1, 0.15) is 51.5 Å². The van der Waals surface area contributed by atoms with E-state index < -0.39 is 0 Å². The molecule has 1 amide bonds. The summed E-state index contributed by atoms with van der Waals surface area (Å²) >= 11 is 0. The van der Waals surface area contributed by atoms with Crippen molar-refractivity contribution in [3.05, 3.63) is 41.7 Å². The quantitative estimate of drug-likeness (QED) is 0.534. The number of ether oxygens (including phenoxy) is 1. The molecule has 2 aliphatic rings. The molecule has 0 unspecified atom stereocenters. The monoisotopic (exact) mass is 371 g/mol. The van der Waals surface area contributed by atoms with Crippen molar-refractivity contribution in [1.29, 1.82) is 0 Å². The van der Waals surface area contributed by atoms with Crippen molar-refractivity contribution >= 4 is 5.91 Å². The van der Waals surface area contributed by atoms with E-state index in [4.69, 9.17) is 4.74 Å². The largest absolute Gasteiger partial charge is 0.385 e. The molecule has 1 aromatic heterocycles. The summed E-state index contributed by atoms with van der Waals surface area (Å²) < 4.78 is 5.11. The molecule has 1 aromatic rings. The van der Waals surface area contributed by atoms with E-state index in [2.05, 4.69) is 47.3 Å². The van der Waals surface area contributed by atoms with Gasteiger partial charge < -0.3 is 10.1 Å². The van der Waals surface area contributed by atoms with E-state index in [1.165, 1.54) is 17.6 Å². The van der Waals surface area contributed by atoms with Gasteiger partial charge in [0.25, 0.3) is 0 Å². The van der Waals surface area contributed by atoms with E-state index in [1.54, 1.807) is 7.11 Å². The molecule has 5 heteroatoms. The van der Waals surface area contributed by atoms with Gasteiger partial charge in [0.05, 0.1) is 5.41 Å². The Morgan fingerprint density at radius 1 is 1.37 bits per heavy atom.